The molecular weight excluding hydrogens is 167 g/mol. The van der Waals surface area contributed by atoms with Gasteiger partial charge in [0, 0.05) is 6.10 Å². The molecule has 0 heterocycles. The first-order valence-corrected chi connectivity index (χ1v) is 4.65. The highest BCUT2D eigenvalue weighted by molar-refractivity contribution is 6.18. The van der Waals surface area contributed by atoms with Crippen LogP contribution in [-0.2, 0) is 9.31 Å². The molecule has 0 fully saturated rings. The summed E-state index contributed by atoms with van der Waals surface area (Å²) in [6, 6.07) is 0. The average molecular weight is 188 g/mol. The fourth-order valence-electron chi connectivity index (χ4n) is 0.494. The van der Waals surface area contributed by atoms with E-state index in [-0.39, 0.29) is 13.8 Å². The van der Waals surface area contributed by atoms with Gasteiger partial charge in [0.25, 0.3) is 0 Å². The Morgan fingerprint density at radius 1 is 1.15 bits per heavy atom. The quantitative estimate of drug-likeness (QED) is 0.659. The molecule has 0 aliphatic carbocycles. The lowest BCUT2D eigenvalue weighted by Crippen LogP contribution is -2.48. The summed E-state index contributed by atoms with van der Waals surface area (Å²) < 4.78 is 10.7. The van der Waals surface area contributed by atoms with E-state index in [9.17, 15) is 5.11 Å². The predicted molar refractivity (Wildman–Crippen MR) is 54.8 cm³/mol. The second kappa shape index (κ2) is 4.44. The average Bonchev–Trinajstić information content (AvgIpc) is 1.82. The van der Waals surface area contributed by atoms with E-state index in [4.69, 9.17) is 9.31 Å². The number of hydrogen-bond donors (Lipinski definition) is 1. The van der Waals surface area contributed by atoms with E-state index in [0.29, 0.717) is 0 Å². The monoisotopic (exact) mass is 188 g/mol. The molecule has 0 amide bonds. The Morgan fingerprint density at radius 3 is 1.92 bits per heavy atom. The lowest BCUT2D eigenvalue weighted by Gasteiger charge is -2.37. The number of hydrogen-bond acceptors (Lipinski definition) is 3. The maximum Gasteiger partial charge on any atom is 0.438 e. The van der Waals surface area contributed by atoms with Crippen LogP contribution in [0.3, 0.4) is 0 Å². The van der Waals surface area contributed by atoms with Gasteiger partial charge in [-0.2, -0.15) is 0 Å². The van der Waals surface area contributed by atoms with Crippen molar-refractivity contribution in [3.05, 3.63) is 0 Å². The van der Waals surface area contributed by atoms with E-state index in [1.807, 2.05) is 27.7 Å². The highest BCUT2D eigenvalue weighted by Crippen LogP contribution is 2.24. The van der Waals surface area contributed by atoms with Crippen LogP contribution in [0.5, 0.6) is 0 Å². The van der Waals surface area contributed by atoms with Gasteiger partial charge in [-0.25, -0.2) is 0 Å². The first-order valence-electron chi connectivity index (χ1n) is 4.65. The van der Waals surface area contributed by atoms with Crippen molar-refractivity contribution in [2.24, 2.45) is 0 Å². The largest absolute Gasteiger partial charge is 0.438 e. The Bertz CT molecular complexity index is 149. The van der Waals surface area contributed by atoms with E-state index in [0.717, 1.165) is 0 Å². The van der Waals surface area contributed by atoms with Crippen LogP contribution in [0, 0.1) is 0 Å². The van der Waals surface area contributed by atoms with Crippen LogP contribution < -0.4 is 0 Å². The van der Waals surface area contributed by atoms with E-state index in [2.05, 4.69) is 0 Å². The van der Waals surface area contributed by atoms with Crippen LogP contribution in [0.1, 0.15) is 41.5 Å². The Hall–Kier alpha value is -0.0551. The number of aliphatic hydroxyl groups is 1. The van der Waals surface area contributed by atoms with Crippen LogP contribution in [0.2, 0.25) is 0 Å². The zero-order valence-electron chi connectivity index (χ0n) is 9.55. The maximum absolute atomic E-state index is 9.73. The SMILES string of the molecule is CC(C)OBOC(C)(C)C(C)(C)O. The van der Waals surface area contributed by atoms with Crippen LogP contribution >= 0.6 is 0 Å². The summed E-state index contributed by atoms with van der Waals surface area (Å²) in [6.45, 7) is 11.0. The van der Waals surface area contributed by atoms with E-state index in [1.54, 1.807) is 13.8 Å². The Morgan fingerprint density at radius 2 is 1.62 bits per heavy atom. The molecule has 3 nitrogen and oxygen atoms in total. The van der Waals surface area contributed by atoms with Gasteiger partial charge in [-0.1, -0.05) is 0 Å². The number of rotatable bonds is 5. The van der Waals surface area contributed by atoms with Crippen molar-refractivity contribution in [3.8, 4) is 0 Å². The molecule has 78 valence electrons. The predicted octanol–water partition coefficient (Wildman–Crippen LogP) is 1.24. The van der Waals surface area contributed by atoms with Crippen molar-refractivity contribution in [2.45, 2.75) is 58.8 Å². The van der Waals surface area contributed by atoms with Crippen molar-refractivity contribution in [3.63, 3.8) is 0 Å². The maximum atomic E-state index is 9.73. The molecule has 0 aliphatic heterocycles. The molecule has 0 spiro atoms. The molecule has 0 aromatic carbocycles. The van der Waals surface area contributed by atoms with Gasteiger partial charge < -0.3 is 14.4 Å². The smallest absolute Gasteiger partial charge is 0.412 e. The first kappa shape index (κ1) is 12.9. The molecule has 0 atom stereocenters. The van der Waals surface area contributed by atoms with Crippen molar-refractivity contribution in [2.75, 3.05) is 0 Å². The minimum Gasteiger partial charge on any atom is -0.412 e. The summed E-state index contributed by atoms with van der Waals surface area (Å²) in [7, 11) is 0.217. The van der Waals surface area contributed by atoms with Crippen LogP contribution in [-0.4, -0.2) is 30.1 Å². The molecule has 0 aliphatic rings. The molecule has 0 saturated carbocycles. The second-order valence-electron chi connectivity index (χ2n) is 4.55. The molecule has 13 heavy (non-hydrogen) atoms. The summed E-state index contributed by atoms with van der Waals surface area (Å²) in [5.74, 6) is 0. The van der Waals surface area contributed by atoms with E-state index >= 15 is 0 Å². The highest BCUT2D eigenvalue weighted by Gasteiger charge is 2.35. The molecule has 0 radical (unpaired) electrons. The summed E-state index contributed by atoms with van der Waals surface area (Å²) in [6.07, 6.45) is 0.151. The van der Waals surface area contributed by atoms with E-state index < -0.39 is 11.2 Å². The first-order chi connectivity index (χ1) is 5.67. The lowest BCUT2D eigenvalue weighted by atomic mass is 9.88. The molecule has 0 aromatic rings. The Kier molecular flexibility index (Phi) is 4.42. The summed E-state index contributed by atoms with van der Waals surface area (Å²) in [5, 5.41) is 9.73. The van der Waals surface area contributed by atoms with Crippen molar-refractivity contribution < 1.29 is 14.4 Å². The molecule has 0 aromatic heterocycles. The normalized spacial score (nSPS) is 13.5. The van der Waals surface area contributed by atoms with Gasteiger partial charge in [0.15, 0.2) is 0 Å². The van der Waals surface area contributed by atoms with Crippen molar-refractivity contribution in [1.82, 2.24) is 0 Å². The molecular formula is C9H21BO3. The van der Waals surface area contributed by atoms with E-state index in [1.165, 1.54) is 0 Å². The molecule has 1 N–H and O–H groups in total. The highest BCUT2D eigenvalue weighted by atomic mass is 16.6. The van der Waals surface area contributed by atoms with Crippen molar-refractivity contribution >= 4 is 7.69 Å². The third-order valence-electron chi connectivity index (χ3n) is 2.29. The molecule has 0 unspecified atom stereocenters. The zero-order chi connectivity index (χ0) is 10.7. The third-order valence-corrected chi connectivity index (χ3v) is 2.29. The lowest BCUT2D eigenvalue weighted by molar-refractivity contribution is -0.0991. The summed E-state index contributed by atoms with van der Waals surface area (Å²) >= 11 is 0. The summed E-state index contributed by atoms with van der Waals surface area (Å²) in [4.78, 5) is 0. The summed E-state index contributed by atoms with van der Waals surface area (Å²) in [5.41, 5.74) is -1.46. The Balaban J connectivity index is 3.90. The van der Waals surface area contributed by atoms with Gasteiger partial charge in [-0.15, -0.1) is 0 Å². The molecule has 0 saturated heterocycles. The molecule has 0 rings (SSSR count). The Labute approximate surface area is 81.7 Å². The standard InChI is InChI=1S/C9H21BO3/c1-7(2)12-10-13-9(5,6)8(3,4)11/h7,10-11H,1-6H3. The third kappa shape index (κ3) is 4.65. The fraction of sp³-hybridized carbons (Fsp3) is 1.00. The van der Waals surface area contributed by atoms with Crippen LogP contribution in [0.25, 0.3) is 0 Å². The van der Waals surface area contributed by atoms with Gasteiger partial charge in [0.1, 0.15) is 0 Å². The van der Waals surface area contributed by atoms with Gasteiger partial charge in [-0.05, 0) is 41.5 Å². The molecule has 4 heteroatoms. The van der Waals surface area contributed by atoms with Crippen LogP contribution in [0.4, 0.5) is 0 Å². The zero-order valence-corrected chi connectivity index (χ0v) is 9.55. The second-order valence-corrected chi connectivity index (χ2v) is 4.55. The minimum absolute atomic E-state index is 0.151. The minimum atomic E-state index is -0.868. The molecule has 0 bridgehead atoms. The van der Waals surface area contributed by atoms with Crippen molar-refractivity contribution in [1.29, 1.82) is 0 Å². The van der Waals surface area contributed by atoms with Gasteiger partial charge in [-0.3, -0.25) is 0 Å². The van der Waals surface area contributed by atoms with Gasteiger partial charge >= 0.3 is 7.69 Å². The fourth-order valence-corrected chi connectivity index (χ4v) is 0.494. The van der Waals surface area contributed by atoms with Crippen LogP contribution in [0.15, 0.2) is 0 Å². The van der Waals surface area contributed by atoms with Gasteiger partial charge in [0.2, 0.25) is 0 Å². The topological polar surface area (TPSA) is 38.7 Å². The van der Waals surface area contributed by atoms with Gasteiger partial charge in [0.05, 0.1) is 11.2 Å².